The summed E-state index contributed by atoms with van der Waals surface area (Å²) in [7, 11) is 1.06. The number of halogens is 3. The number of benzene rings is 1. The molecule has 2 rings (SSSR count). The van der Waals surface area contributed by atoms with Crippen LogP contribution >= 0.6 is 12.4 Å². The van der Waals surface area contributed by atoms with E-state index in [4.69, 9.17) is 0 Å². The molecule has 18 heavy (non-hydrogen) atoms. The van der Waals surface area contributed by atoms with Gasteiger partial charge in [-0.25, -0.2) is 13.6 Å². The number of carbonyl (C=O) groups is 2. The summed E-state index contributed by atoms with van der Waals surface area (Å²) < 4.78 is 30.2. The number of nitrogens with one attached hydrogen (secondary N) is 1. The monoisotopic (exact) mass is 275 g/mol. The summed E-state index contributed by atoms with van der Waals surface area (Å²) in [5, 5.41) is 0.138. The second kappa shape index (κ2) is 5.14. The molecule has 1 aromatic carbocycles. The Labute approximate surface area is 106 Å². The molecular formula is C11H8ClF2NO3. The Bertz CT molecular complexity index is 624. The molecule has 1 heterocycles. The topological polar surface area (TPSA) is 59.2 Å². The van der Waals surface area contributed by atoms with Gasteiger partial charge in [0.2, 0.25) is 0 Å². The minimum Gasteiger partial charge on any atom is -0.463 e. The summed E-state index contributed by atoms with van der Waals surface area (Å²) in [6, 6.07) is 1.77. The largest absolute Gasteiger partial charge is 0.463 e. The maximum Gasteiger partial charge on any atom is 0.379 e. The van der Waals surface area contributed by atoms with Crippen LogP contribution in [0.25, 0.3) is 10.9 Å². The van der Waals surface area contributed by atoms with Crippen LogP contribution in [0.3, 0.4) is 0 Å². The number of carbonyl (C=O) groups excluding carboxylic acids is 2. The van der Waals surface area contributed by atoms with E-state index >= 15 is 0 Å². The van der Waals surface area contributed by atoms with Crippen molar-refractivity contribution in [2.45, 2.75) is 0 Å². The van der Waals surface area contributed by atoms with Crippen molar-refractivity contribution in [2.24, 2.45) is 0 Å². The standard InChI is InChI=1S/C11H7F2NO3.ClH/c1-17-11(16)10(15)6-4-14-9-3-8(13)7(12)2-5(6)9;/h2-4,14H,1H3;1H. The lowest BCUT2D eigenvalue weighted by atomic mass is 10.1. The second-order valence-electron chi connectivity index (χ2n) is 3.33. The maximum absolute atomic E-state index is 13.0. The summed E-state index contributed by atoms with van der Waals surface area (Å²) in [5.41, 5.74) is 0.182. The van der Waals surface area contributed by atoms with Crippen molar-refractivity contribution < 1.29 is 23.1 Å². The highest BCUT2D eigenvalue weighted by Crippen LogP contribution is 2.22. The van der Waals surface area contributed by atoms with Crippen LogP contribution in [0.4, 0.5) is 8.78 Å². The van der Waals surface area contributed by atoms with Crippen LogP contribution in [0.1, 0.15) is 10.4 Å². The number of hydrogen-bond donors (Lipinski definition) is 1. The summed E-state index contributed by atoms with van der Waals surface area (Å²) in [6.45, 7) is 0. The van der Waals surface area contributed by atoms with Gasteiger partial charge in [0.25, 0.3) is 5.78 Å². The van der Waals surface area contributed by atoms with E-state index in [0.717, 1.165) is 19.2 Å². The van der Waals surface area contributed by atoms with Crippen molar-refractivity contribution in [1.29, 1.82) is 0 Å². The third-order valence-electron chi connectivity index (χ3n) is 2.34. The maximum atomic E-state index is 13.0. The smallest absolute Gasteiger partial charge is 0.379 e. The quantitative estimate of drug-likeness (QED) is 0.519. The predicted octanol–water partition coefficient (Wildman–Crippen LogP) is 2.22. The van der Waals surface area contributed by atoms with Crippen molar-refractivity contribution in [3.8, 4) is 0 Å². The fourth-order valence-corrected chi connectivity index (χ4v) is 1.51. The van der Waals surface area contributed by atoms with Crippen LogP contribution in [0.2, 0.25) is 0 Å². The Morgan fingerprint density at radius 3 is 2.44 bits per heavy atom. The van der Waals surface area contributed by atoms with E-state index in [-0.39, 0.29) is 28.9 Å². The van der Waals surface area contributed by atoms with Crippen LogP contribution in [0.15, 0.2) is 18.3 Å². The van der Waals surface area contributed by atoms with Crippen molar-refractivity contribution in [3.63, 3.8) is 0 Å². The Hall–Kier alpha value is -1.95. The SMILES string of the molecule is COC(=O)C(=O)c1c[nH]c2cc(F)c(F)cc12.Cl. The number of Topliss-reactive ketones (excluding diaryl/α,β-unsaturated/α-hetero) is 1. The molecular weight excluding hydrogens is 268 g/mol. The van der Waals surface area contributed by atoms with Gasteiger partial charge >= 0.3 is 5.97 Å². The van der Waals surface area contributed by atoms with Crippen LogP contribution in [-0.4, -0.2) is 23.8 Å². The van der Waals surface area contributed by atoms with Gasteiger partial charge in [-0.1, -0.05) is 0 Å². The lowest BCUT2D eigenvalue weighted by Crippen LogP contribution is -2.15. The van der Waals surface area contributed by atoms with Crippen LogP contribution in [-0.2, 0) is 9.53 Å². The van der Waals surface area contributed by atoms with E-state index in [1.54, 1.807) is 0 Å². The Balaban J connectivity index is 0.00000162. The van der Waals surface area contributed by atoms with Gasteiger partial charge in [0.05, 0.1) is 12.7 Å². The number of aromatic nitrogens is 1. The summed E-state index contributed by atoms with van der Waals surface area (Å²) in [6.07, 6.45) is 1.21. The molecule has 0 aliphatic heterocycles. The van der Waals surface area contributed by atoms with Crippen LogP contribution in [0.5, 0.6) is 0 Å². The normalized spacial score (nSPS) is 9.94. The molecule has 4 nitrogen and oxygen atoms in total. The summed E-state index contributed by atoms with van der Waals surface area (Å²) in [4.78, 5) is 25.2. The minimum atomic E-state index is -1.09. The molecule has 0 spiro atoms. The second-order valence-corrected chi connectivity index (χ2v) is 3.33. The zero-order valence-electron chi connectivity index (χ0n) is 9.12. The predicted molar refractivity (Wildman–Crippen MR) is 61.8 cm³/mol. The molecule has 0 bridgehead atoms. The first-order valence-corrected chi connectivity index (χ1v) is 4.63. The first-order chi connectivity index (χ1) is 8.04. The Kier molecular flexibility index (Phi) is 4.03. The fraction of sp³-hybridized carbons (Fsp3) is 0.0909. The van der Waals surface area contributed by atoms with Gasteiger partial charge in [0, 0.05) is 23.2 Å². The molecule has 0 amide bonds. The third kappa shape index (κ3) is 2.19. The highest BCUT2D eigenvalue weighted by molar-refractivity contribution is 6.42. The van der Waals surface area contributed by atoms with Gasteiger partial charge < -0.3 is 9.72 Å². The number of rotatable bonds is 2. The molecule has 2 aromatic rings. The molecule has 0 atom stereocenters. The number of ketones is 1. The molecule has 0 aliphatic rings. The highest BCUT2D eigenvalue weighted by atomic mass is 35.5. The summed E-state index contributed by atoms with van der Waals surface area (Å²) >= 11 is 0. The van der Waals surface area contributed by atoms with Gasteiger partial charge in [-0.3, -0.25) is 4.79 Å². The van der Waals surface area contributed by atoms with Crippen molar-refractivity contribution in [1.82, 2.24) is 4.98 Å². The molecule has 0 fully saturated rings. The number of hydrogen-bond acceptors (Lipinski definition) is 3. The Morgan fingerprint density at radius 2 is 1.83 bits per heavy atom. The van der Waals surface area contributed by atoms with Crippen molar-refractivity contribution in [2.75, 3.05) is 7.11 Å². The number of methoxy groups -OCH3 is 1. The van der Waals surface area contributed by atoms with Crippen LogP contribution < -0.4 is 0 Å². The average molecular weight is 276 g/mol. The van der Waals surface area contributed by atoms with E-state index in [9.17, 15) is 18.4 Å². The number of fused-ring (bicyclic) bond motifs is 1. The summed E-state index contributed by atoms with van der Waals surface area (Å²) in [5.74, 6) is -4.09. The van der Waals surface area contributed by atoms with Crippen molar-refractivity contribution in [3.05, 3.63) is 35.5 Å². The number of ether oxygens (including phenoxy) is 1. The van der Waals surface area contributed by atoms with Crippen LogP contribution in [0, 0.1) is 11.6 Å². The average Bonchev–Trinajstić information content (AvgIpc) is 2.70. The zero-order chi connectivity index (χ0) is 12.6. The number of H-pyrrole nitrogens is 1. The van der Waals surface area contributed by atoms with Gasteiger partial charge in [-0.15, -0.1) is 12.4 Å². The highest BCUT2D eigenvalue weighted by Gasteiger charge is 2.21. The minimum absolute atomic E-state index is 0. The molecule has 0 radical (unpaired) electrons. The van der Waals surface area contributed by atoms with Gasteiger partial charge in [0.1, 0.15) is 0 Å². The van der Waals surface area contributed by atoms with E-state index in [1.807, 2.05) is 0 Å². The molecule has 0 unspecified atom stereocenters. The first-order valence-electron chi connectivity index (χ1n) is 4.63. The van der Waals surface area contributed by atoms with E-state index < -0.39 is 23.4 Å². The number of esters is 1. The fourth-order valence-electron chi connectivity index (χ4n) is 1.51. The lowest BCUT2D eigenvalue weighted by molar-refractivity contribution is -0.135. The Morgan fingerprint density at radius 1 is 1.22 bits per heavy atom. The first kappa shape index (κ1) is 14.1. The molecule has 0 saturated carbocycles. The van der Waals surface area contributed by atoms with E-state index in [1.165, 1.54) is 6.20 Å². The third-order valence-corrected chi connectivity index (χ3v) is 2.34. The van der Waals surface area contributed by atoms with Gasteiger partial charge in [0.15, 0.2) is 11.6 Å². The van der Waals surface area contributed by atoms with Gasteiger partial charge in [-0.05, 0) is 6.07 Å². The molecule has 0 saturated heterocycles. The zero-order valence-corrected chi connectivity index (χ0v) is 9.94. The number of aromatic amines is 1. The van der Waals surface area contributed by atoms with Gasteiger partial charge in [-0.2, -0.15) is 0 Å². The molecule has 1 N–H and O–H groups in total. The molecule has 0 aliphatic carbocycles. The molecule has 7 heteroatoms. The molecule has 1 aromatic heterocycles. The van der Waals surface area contributed by atoms with E-state index in [2.05, 4.69) is 9.72 Å². The van der Waals surface area contributed by atoms with Crippen molar-refractivity contribution >= 4 is 35.1 Å². The van der Waals surface area contributed by atoms with E-state index in [0.29, 0.717) is 0 Å². The molecule has 96 valence electrons. The lowest BCUT2D eigenvalue weighted by Gasteiger charge is -1.98.